The summed E-state index contributed by atoms with van der Waals surface area (Å²) < 4.78 is 20.2. The van der Waals surface area contributed by atoms with Gasteiger partial charge >= 0.3 is 0 Å². The summed E-state index contributed by atoms with van der Waals surface area (Å²) in [5.41, 5.74) is 2.87. The lowest BCUT2D eigenvalue weighted by Gasteiger charge is -2.34. The monoisotopic (exact) mass is 582 g/mol. The van der Waals surface area contributed by atoms with Gasteiger partial charge in [0.1, 0.15) is 17.6 Å². The molecule has 2 aliphatic heterocycles. The zero-order chi connectivity index (χ0) is 30.3. The molecule has 2 fully saturated rings. The molecule has 2 aromatic carbocycles. The topological polar surface area (TPSA) is 104 Å². The van der Waals surface area contributed by atoms with Gasteiger partial charge in [-0.2, -0.15) is 5.26 Å². The molecule has 0 spiro atoms. The minimum absolute atomic E-state index is 0.0724. The number of aromatic nitrogens is 1. The van der Waals surface area contributed by atoms with E-state index in [1.54, 1.807) is 60.5 Å². The Morgan fingerprint density at radius 3 is 2.26 bits per heavy atom. The van der Waals surface area contributed by atoms with Crippen molar-refractivity contribution in [1.82, 2.24) is 14.8 Å². The minimum atomic E-state index is -1.12. The molecule has 8 nitrogen and oxygen atoms in total. The van der Waals surface area contributed by atoms with Gasteiger partial charge in [0.05, 0.1) is 18.7 Å². The second kappa shape index (κ2) is 13.7. The highest BCUT2D eigenvalue weighted by molar-refractivity contribution is 5.99. The summed E-state index contributed by atoms with van der Waals surface area (Å²) in [4.78, 5) is 46.9. The summed E-state index contributed by atoms with van der Waals surface area (Å²) in [5, 5.41) is 8.95. The number of ketones is 2. The number of ether oxygens (including phenoxy) is 1. The Hall–Kier alpha value is -4.42. The molecule has 43 heavy (non-hydrogen) atoms. The van der Waals surface area contributed by atoms with Gasteiger partial charge in [-0.1, -0.05) is 12.1 Å². The van der Waals surface area contributed by atoms with E-state index in [9.17, 15) is 14.4 Å². The summed E-state index contributed by atoms with van der Waals surface area (Å²) in [6.45, 7) is 2.45. The number of nitrogens with zero attached hydrogens (tertiary/aromatic N) is 4. The average molecular weight is 583 g/mol. The lowest BCUT2D eigenvalue weighted by molar-refractivity contribution is 0.0644. The van der Waals surface area contributed by atoms with E-state index in [2.05, 4.69) is 11.1 Å². The van der Waals surface area contributed by atoms with Gasteiger partial charge in [-0.15, -0.1) is 0 Å². The maximum absolute atomic E-state index is 15.0. The van der Waals surface area contributed by atoms with Gasteiger partial charge in [0.2, 0.25) is 0 Å². The van der Waals surface area contributed by atoms with E-state index in [0.717, 1.165) is 5.56 Å². The van der Waals surface area contributed by atoms with Crippen LogP contribution in [0.15, 0.2) is 66.9 Å². The van der Waals surface area contributed by atoms with Crippen LogP contribution in [-0.2, 0) is 6.54 Å². The van der Waals surface area contributed by atoms with Crippen molar-refractivity contribution in [2.75, 3.05) is 33.3 Å². The fraction of sp³-hybridized carbons (Fsp3) is 0.382. The molecule has 2 saturated heterocycles. The first kappa shape index (κ1) is 30.1. The second-order valence-electron chi connectivity index (χ2n) is 11.3. The number of alkyl halides is 1. The number of hydrogen-bond donors (Lipinski definition) is 0. The quantitative estimate of drug-likeness (QED) is 0.322. The third-order valence-corrected chi connectivity index (χ3v) is 8.53. The number of carbonyl (C=O) groups is 3. The molecule has 3 aromatic rings. The largest absolute Gasteiger partial charge is 0.497 e. The Balaban J connectivity index is 1.09. The van der Waals surface area contributed by atoms with Crippen molar-refractivity contribution in [3.05, 3.63) is 94.8 Å². The molecular formula is C34H35FN4O4. The highest BCUT2D eigenvalue weighted by atomic mass is 19.1. The van der Waals surface area contributed by atoms with Gasteiger partial charge in [0.25, 0.3) is 5.91 Å². The zero-order valence-corrected chi connectivity index (χ0v) is 24.2. The van der Waals surface area contributed by atoms with Crippen molar-refractivity contribution in [3.63, 3.8) is 0 Å². The number of hydrogen-bond acceptors (Lipinski definition) is 7. The highest BCUT2D eigenvalue weighted by Crippen LogP contribution is 2.27. The molecule has 0 bridgehead atoms. The van der Waals surface area contributed by atoms with Gasteiger partial charge < -0.3 is 9.64 Å². The van der Waals surface area contributed by atoms with Crippen LogP contribution in [0.3, 0.4) is 0 Å². The molecule has 0 aliphatic carbocycles. The van der Waals surface area contributed by atoms with E-state index < -0.39 is 6.17 Å². The Kier molecular flexibility index (Phi) is 9.58. The van der Waals surface area contributed by atoms with E-state index in [0.29, 0.717) is 67.9 Å². The summed E-state index contributed by atoms with van der Waals surface area (Å²) in [6, 6.07) is 19.6. The van der Waals surface area contributed by atoms with Crippen molar-refractivity contribution in [3.8, 4) is 11.8 Å². The van der Waals surface area contributed by atoms with Crippen LogP contribution in [0.2, 0.25) is 0 Å². The van der Waals surface area contributed by atoms with Crippen molar-refractivity contribution >= 4 is 17.5 Å². The smallest absolute Gasteiger partial charge is 0.272 e. The van der Waals surface area contributed by atoms with Crippen LogP contribution in [0.4, 0.5) is 4.39 Å². The number of rotatable bonds is 9. The van der Waals surface area contributed by atoms with E-state index in [-0.39, 0.29) is 48.0 Å². The number of piperidine rings is 2. The Labute approximate surface area is 251 Å². The van der Waals surface area contributed by atoms with E-state index in [1.165, 1.54) is 6.20 Å². The lowest BCUT2D eigenvalue weighted by atomic mass is 9.88. The van der Waals surface area contributed by atoms with E-state index in [4.69, 9.17) is 10.00 Å². The van der Waals surface area contributed by atoms with E-state index >= 15 is 4.39 Å². The molecule has 5 rings (SSSR count). The van der Waals surface area contributed by atoms with Gasteiger partial charge in [0.15, 0.2) is 11.6 Å². The van der Waals surface area contributed by atoms with Crippen LogP contribution in [0.25, 0.3) is 0 Å². The molecule has 2 aliphatic rings. The van der Waals surface area contributed by atoms with Crippen LogP contribution in [-0.4, -0.2) is 71.7 Å². The van der Waals surface area contributed by atoms with Crippen molar-refractivity contribution in [2.45, 2.75) is 38.4 Å². The fourth-order valence-corrected chi connectivity index (χ4v) is 5.87. The van der Waals surface area contributed by atoms with Crippen molar-refractivity contribution in [1.29, 1.82) is 5.26 Å². The average Bonchev–Trinajstić information content (AvgIpc) is 3.06. The number of Topliss-reactive ketones (excluding diaryl/α,β-unsaturated/α-hetero) is 2. The minimum Gasteiger partial charge on any atom is -0.497 e. The Morgan fingerprint density at radius 2 is 1.65 bits per heavy atom. The predicted molar refractivity (Wildman–Crippen MR) is 159 cm³/mol. The molecule has 0 radical (unpaired) electrons. The van der Waals surface area contributed by atoms with Crippen LogP contribution in [0.5, 0.6) is 5.75 Å². The number of carbonyl (C=O) groups excluding carboxylic acids is 3. The van der Waals surface area contributed by atoms with Gasteiger partial charge in [0, 0.05) is 55.8 Å². The first-order chi connectivity index (χ1) is 20.8. The molecule has 9 heteroatoms. The standard InChI is InChI=1S/C34H35FN4O4/c1-43-29-9-6-25(7-10-29)33(41)26-13-16-39(17-14-26)34(42)31-11-8-28(20-37-31)32(40)18-27-12-15-38(22-30(27)35)21-24-4-2-23(19-36)3-5-24/h2-11,20,26-27,30H,12-18,21-22H2,1H3/t27?,30-/m0/s1. The summed E-state index contributed by atoms with van der Waals surface area (Å²) in [6.07, 6.45) is 2.10. The molecule has 0 N–H and O–H groups in total. The normalized spacial score (nSPS) is 19.4. The van der Waals surface area contributed by atoms with Crippen molar-refractivity contribution < 1.29 is 23.5 Å². The maximum Gasteiger partial charge on any atom is 0.272 e. The number of amides is 1. The predicted octanol–water partition coefficient (Wildman–Crippen LogP) is 5.13. The second-order valence-corrected chi connectivity index (χ2v) is 11.3. The lowest BCUT2D eigenvalue weighted by Crippen LogP contribution is -2.42. The summed E-state index contributed by atoms with van der Waals surface area (Å²) >= 11 is 0. The molecule has 1 aromatic heterocycles. The molecule has 3 heterocycles. The van der Waals surface area contributed by atoms with Gasteiger partial charge in [-0.25, -0.2) is 4.39 Å². The number of benzene rings is 2. The van der Waals surface area contributed by atoms with E-state index in [1.807, 2.05) is 17.0 Å². The number of pyridine rings is 1. The third-order valence-electron chi connectivity index (χ3n) is 8.53. The van der Waals surface area contributed by atoms with Crippen LogP contribution >= 0.6 is 0 Å². The molecular weight excluding hydrogens is 547 g/mol. The molecule has 222 valence electrons. The first-order valence-electron chi connectivity index (χ1n) is 14.7. The van der Waals surface area contributed by atoms with Crippen LogP contribution in [0, 0.1) is 23.2 Å². The number of halogens is 1. The van der Waals surface area contributed by atoms with Gasteiger partial charge in [-0.05, 0) is 85.8 Å². The molecule has 0 saturated carbocycles. The number of methoxy groups -OCH3 is 1. The highest BCUT2D eigenvalue weighted by Gasteiger charge is 2.32. The number of nitriles is 1. The molecule has 1 unspecified atom stereocenters. The Morgan fingerprint density at radius 1 is 0.953 bits per heavy atom. The van der Waals surface area contributed by atoms with Gasteiger partial charge in [-0.3, -0.25) is 24.3 Å². The summed E-state index contributed by atoms with van der Waals surface area (Å²) in [7, 11) is 1.58. The molecule has 1 amide bonds. The van der Waals surface area contributed by atoms with Crippen LogP contribution < -0.4 is 4.74 Å². The SMILES string of the molecule is COc1ccc(C(=O)C2CCN(C(=O)c3ccc(C(=O)CC4CCN(Cc5ccc(C#N)cc5)C[C@@H]4F)cn3)CC2)cc1. The Bertz CT molecular complexity index is 1480. The van der Waals surface area contributed by atoms with Crippen LogP contribution in [0.1, 0.15) is 68.0 Å². The first-order valence-corrected chi connectivity index (χ1v) is 14.7. The fourth-order valence-electron chi connectivity index (χ4n) is 5.87. The van der Waals surface area contributed by atoms with Crippen molar-refractivity contribution in [2.24, 2.45) is 11.8 Å². The third kappa shape index (κ3) is 7.33. The molecule has 2 atom stereocenters. The number of likely N-dealkylation sites (tertiary alicyclic amines) is 2. The maximum atomic E-state index is 15.0. The summed E-state index contributed by atoms with van der Waals surface area (Å²) in [5.74, 6) is -0.157. The zero-order valence-electron chi connectivity index (χ0n) is 24.2.